The minimum absolute atomic E-state index is 0.0163. The van der Waals surface area contributed by atoms with E-state index in [1.165, 1.54) is 0 Å². The van der Waals surface area contributed by atoms with E-state index in [0.29, 0.717) is 0 Å². The minimum atomic E-state index is -0.561. The van der Waals surface area contributed by atoms with Crippen LogP contribution in [0.1, 0.15) is 6.92 Å². The maximum Gasteiger partial charge on any atom is 0.0802 e. The summed E-state index contributed by atoms with van der Waals surface area (Å²) in [7, 11) is 0. The Labute approximate surface area is 76.3 Å². The number of allylic oxidation sites excluding steroid dienone is 2. The maximum absolute atomic E-state index is 8.79. The van der Waals surface area contributed by atoms with Gasteiger partial charge in [-0.2, -0.15) is 0 Å². The van der Waals surface area contributed by atoms with E-state index in [2.05, 4.69) is 0 Å². The summed E-state index contributed by atoms with van der Waals surface area (Å²) in [6.45, 7) is 1.84. The number of rotatable bonds is 1. The Hall–Kier alpha value is 0.0200. The molecule has 1 aliphatic rings. The second-order valence-corrected chi connectivity index (χ2v) is 4.07. The molecular weight excluding hydrogens is 183 g/mol. The van der Waals surface area contributed by atoms with Crippen LogP contribution in [0.15, 0.2) is 23.8 Å². The summed E-state index contributed by atoms with van der Waals surface area (Å²) in [5.74, 6) is 0. The Morgan fingerprint density at radius 1 is 1.73 bits per heavy atom. The fraction of sp³-hybridized carbons (Fsp3) is 0.500. The second kappa shape index (κ2) is 3.18. The molecule has 2 atom stereocenters. The first kappa shape index (κ1) is 9.11. The molecule has 0 aromatic carbocycles. The molecule has 0 saturated carbocycles. The lowest BCUT2D eigenvalue weighted by atomic mass is 9.97. The Morgan fingerprint density at radius 3 is 2.82 bits per heavy atom. The van der Waals surface area contributed by atoms with Crippen molar-refractivity contribution in [3.63, 3.8) is 0 Å². The third-order valence-corrected chi connectivity index (χ3v) is 2.72. The highest BCUT2D eigenvalue weighted by Crippen LogP contribution is 2.31. The molecule has 1 rings (SSSR count). The van der Waals surface area contributed by atoms with E-state index in [0.717, 1.165) is 5.57 Å². The van der Waals surface area contributed by atoms with Gasteiger partial charge < -0.3 is 5.11 Å². The van der Waals surface area contributed by atoms with E-state index < -0.39 is 4.87 Å². The van der Waals surface area contributed by atoms with E-state index >= 15 is 0 Å². The van der Waals surface area contributed by atoms with E-state index in [1.807, 2.05) is 6.92 Å². The topological polar surface area (TPSA) is 20.2 Å². The first-order valence-electron chi connectivity index (χ1n) is 3.40. The summed E-state index contributed by atoms with van der Waals surface area (Å²) in [5.41, 5.74) is 0.819. The Kier molecular flexibility index (Phi) is 2.63. The zero-order valence-corrected chi connectivity index (χ0v) is 7.73. The van der Waals surface area contributed by atoms with Gasteiger partial charge in [0.1, 0.15) is 0 Å². The smallest absolute Gasteiger partial charge is 0.0802 e. The van der Waals surface area contributed by atoms with Crippen molar-refractivity contribution in [3.8, 4) is 0 Å². The van der Waals surface area contributed by atoms with Gasteiger partial charge in [-0.25, -0.2) is 0 Å². The highest BCUT2D eigenvalue weighted by molar-refractivity contribution is 6.34. The normalized spacial score (nSPS) is 37.1. The van der Waals surface area contributed by atoms with Crippen molar-refractivity contribution in [1.29, 1.82) is 0 Å². The maximum atomic E-state index is 8.79. The van der Waals surface area contributed by atoms with Crippen molar-refractivity contribution in [2.24, 2.45) is 0 Å². The fourth-order valence-electron chi connectivity index (χ4n) is 0.985. The molecule has 0 fully saturated rings. The third kappa shape index (κ3) is 1.98. The first-order valence-corrected chi connectivity index (χ1v) is 4.21. The minimum Gasteiger partial charge on any atom is -0.392 e. The fourth-order valence-corrected chi connectivity index (χ4v) is 1.33. The average Bonchev–Trinajstić information content (AvgIpc) is 1.95. The summed E-state index contributed by atoms with van der Waals surface area (Å²) >= 11 is 11.9. The van der Waals surface area contributed by atoms with Gasteiger partial charge in [-0.3, -0.25) is 0 Å². The molecule has 1 N–H and O–H groups in total. The van der Waals surface area contributed by atoms with Crippen molar-refractivity contribution in [3.05, 3.63) is 23.8 Å². The zero-order valence-electron chi connectivity index (χ0n) is 6.22. The van der Waals surface area contributed by atoms with Crippen LogP contribution < -0.4 is 0 Å². The molecule has 0 heterocycles. The van der Waals surface area contributed by atoms with Crippen molar-refractivity contribution in [2.75, 3.05) is 6.61 Å². The van der Waals surface area contributed by atoms with Gasteiger partial charge >= 0.3 is 0 Å². The van der Waals surface area contributed by atoms with Crippen LogP contribution in [0, 0.1) is 0 Å². The molecule has 0 saturated heterocycles. The molecule has 0 aliphatic heterocycles. The second-order valence-electron chi connectivity index (χ2n) is 2.79. The molecule has 0 spiro atoms. The van der Waals surface area contributed by atoms with E-state index in [-0.39, 0.29) is 12.0 Å². The summed E-state index contributed by atoms with van der Waals surface area (Å²) in [6, 6.07) is 0. The van der Waals surface area contributed by atoms with Crippen LogP contribution in [0.3, 0.4) is 0 Å². The van der Waals surface area contributed by atoms with Crippen LogP contribution in [-0.2, 0) is 0 Å². The first-order chi connectivity index (χ1) is 5.06. The van der Waals surface area contributed by atoms with Crippen LogP contribution in [0.25, 0.3) is 0 Å². The lowest BCUT2D eigenvalue weighted by Gasteiger charge is -2.25. The van der Waals surface area contributed by atoms with Crippen molar-refractivity contribution in [1.82, 2.24) is 0 Å². The molecule has 2 unspecified atom stereocenters. The van der Waals surface area contributed by atoms with Crippen LogP contribution in [0.4, 0.5) is 0 Å². The number of hydrogen-bond donors (Lipinski definition) is 1. The van der Waals surface area contributed by atoms with Gasteiger partial charge in [0.15, 0.2) is 0 Å². The molecule has 1 aliphatic carbocycles. The lowest BCUT2D eigenvalue weighted by molar-refractivity contribution is 0.333. The highest BCUT2D eigenvalue weighted by Gasteiger charge is 2.28. The Balaban J connectivity index is 2.84. The molecule has 3 heteroatoms. The molecule has 62 valence electrons. The van der Waals surface area contributed by atoms with E-state index in [4.69, 9.17) is 28.3 Å². The van der Waals surface area contributed by atoms with Gasteiger partial charge in [-0.1, -0.05) is 18.2 Å². The molecule has 0 radical (unpaired) electrons. The number of hydrogen-bond acceptors (Lipinski definition) is 1. The lowest BCUT2D eigenvalue weighted by Crippen LogP contribution is -2.28. The van der Waals surface area contributed by atoms with E-state index in [1.54, 1.807) is 18.2 Å². The van der Waals surface area contributed by atoms with Crippen LogP contribution in [-0.4, -0.2) is 22.0 Å². The van der Waals surface area contributed by atoms with Crippen molar-refractivity contribution in [2.45, 2.75) is 17.2 Å². The van der Waals surface area contributed by atoms with Gasteiger partial charge in [0, 0.05) is 0 Å². The molecule has 0 aromatic heterocycles. The number of halogens is 2. The van der Waals surface area contributed by atoms with Crippen LogP contribution in [0.2, 0.25) is 0 Å². The Bertz CT molecular complexity index is 206. The van der Waals surface area contributed by atoms with E-state index in [9.17, 15) is 0 Å². The molecule has 0 bridgehead atoms. The highest BCUT2D eigenvalue weighted by atomic mass is 35.5. The predicted octanol–water partition coefficient (Wildman–Crippen LogP) is 2.08. The van der Waals surface area contributed by atoms with Crippen LogP contribution in [0.5, 0.6) is 0 Å². The summed E-state index contributed by atoms with van der Waals surface area (Å²) < 4.78 is 0. The summed E-state index contributed by atoms with van der Waals surface area (Å²) in [4.78, 5) is -0.561. The quantitative estimate of drug-likeness (QED) is 0.632. The van der Waals surface area contributed by atoms with Gasteiger partial charge in [0.05, 0.1) is 16.9 Å². The molecule has 0 aromatic rings. The molecule has 1 nitrogen and oxygen atoms in total. The average molecular weight is 193 g/mol. The Morgan fingerprint density at radius 2 is 2.36 bits per heavy atom. The number of alkyl halides is 2. The summed E-state index contributed by atoms with van der Waals surface area (Å²) in [6.07, 6.45) is 5.37. The number of aliphatic hydroxyl groups is 1. The predicted molar refractivity (Wildman–Crippen MR) is 48.2 cm³/mol. The summed E-state index contributed by atoms with van der Waals surface area (Å²) in [5, 5.41) is 8.59. The molecule has 0 amide bonds. The van der Waals surface area contributed by atoms with Crippen LogP contribution >= 0.6 is 23.2 Å². The van der Waals surface area contributed by atoms with Crippen molar-refractivity contribution >= 4 is 23.2 Å². The third-order valence-electron chi connectivity index (χ3n) is 1.67. The molecular formula is C8H10Cl2O. The number of aliphatic hydroxyl groups excluding tert-OH is 1. The standard InChI is InChI=1S/C8H10Cl2O/c1-8(10)4-6(5-11)2-3-7(8)9/h2-4,7,11H,5H2,1H3. The van der Waals surface area contributed by atoms with Crippen molar-refractivity contribution < 1.29 is 5.11 Å². The SMILES string of the molecule is CC1(Cl)C=C(CO)C=CC1Cl. The largest absolute Gasteiger partial charge is 0.392 e. The molecule has 11 heavy (non-hydrogen) atoms. The monoisotopic (exact) mass is 192 g/mol. The van der Waals surface area contributed by atoms with Gasteiger partial charge in [-0.15, -0.1) is 23.2 Å². The van der Waals surface area contributed by atoms with Gasteiger partial charge in [0.2, 0.25) is 0 Å². The zero-order chi connectivity index (χ0) is 8.48. The van der Waals surface area contributed by atoms with Gasteiger partial charge in [0.25, 0.3) is 0 Å². The van der Waals surface area contributed by atoms with Gasteiger partial charge in [-0.05, 0) is 12.5 Å².